The van der Waals surface area contributed by atoms with Gasteiger partial charge in [-0.1, -0.05) is 32.0 Å². The number of benzene rings is 1. The van der Waals surface area contributed by atoms with Crippen LogP contribution in [0.25, 0.3) is 10.9 Å². The summed E-state index contributed by atoms with van der Waals surface area (Å²) < 4.78 is 0. The molecule has 0 bridgehead atoms. The highest BCUT2D eigenvalue weighted by molar-refractivity contribution is 5.84. The maximum atomic E-state index is 9.68. The molecule has 1 aromatic carbocycles. The van der Waals surface area contributed by atoms with Gasteiger partial charge in [-0.15, -0.1) is 0 Å². The highest BCUT2D eigenvalue weighted by atomic mass is 16.3. The molecule has 1 aliphatic heterocycles. The van der Waals surface area contributed by atoms with E-state index in [1.54, 1.807) is 0 Å². The quantitative estimate of drug-likeness (QED) is 0.915. The molecule has 1 aromatic heterocycles. The maximum absolute atomic E-state index is 9.68. The van der Waals surface area contributed by atoms with Crippen molar-refractivity contribution in [3.8, 4) is 0 Å². The van der Waals surface area contributed by atoms with E-state index in [1.165, 1.54) is 6.42 Å². The number of aliphatic hydroxyl groups excluding tert-OH is 1. The summed E-state index contributed by atoms with van der Waals surface area (Å²) >= 11 is 0. The van der Waals surface area contributed by atoms with E-state index in [1.807, 2.05) is 24.3 Å². The van der Waals surface area contributed by atoms with Crippen LogP contribution in [0.1, 0.15) is 32.8 Å². The lowest BCUT2D eigenvalue weighted by molar-refractivity contribution is 0.282. The Kier molecular flexibility index (Phi) is 3.85. The minimum atomic E-state index is 0.0589. The van der Waals surface area contributed by atoms with Crippen LogP contribution in [-0.4, -0.2) is 22.7 Å². The number of nitrogens with zero attached hydrogens (tertiary/aromatic N) is 2. The van der Waals surface area contributed by atoms with Gasteiger partial charge in [0, 0.05) is 18.0 Å². The summed E-state index contributed by atoms with van der Waals surface area (Å²) in [5.74, 6) is 2.35. The maximum Gasteiger partial charge on any atom is 0.129 e. The number of hydrogen-bond acceptors (Lipinski definition) is 3. The van der Waals surface area contributed by atoms with Crippen LogP contribution < -0.4 is 4.90 Å². The number of rotatable bonds is 2. The van der Waals surface area contributed by atoms with Crippen molar-refractivity contribution in [2.75, 3.05) is 11.4 Å². The number of pyridine rings is 1. The Morgan fingerprint density at radius 2 is 2.00 bits per heavy atom. The minimum Gasteiger partial charge on any atom is -0.392 e. The first-order valence-electron chi connectivity index (χ1n) is 7.86. The summed E-state index contributed by atoms with van der Waals surface area (Å²) in [6.07, 6.45) is 1.28. The summed E-state index contributed by atoms with van der Waals surface area (Å²) in [6.45, 7) is 8.02. The smallest absolute Gasteiger partial charge is 0.129 e. The molecule has 1 N–H and O–H groups in total. The molecule has 1 aliphatic rings. The number of fused-ring (bicyclic) bond motifs is 1. The third kappa shape index (κ3) is 2.62. The molecule has 1 saturated heterocycles. The molecule has 0 radical (unpaired) electrons. The van der Waals surface area contributed by atoms with Gasteiger partial charge in [0.2, 0.25) is 0 Å². The molecule has 3 heteroatoms. The van der Waals surface area contributed by atoms with E-state index < -0.39 is 0 Å². The van der Waals surface area contributed by atoms with Crippen LogP contribution in [0.5, 0.6) is 0 Å². The Hall–Kier alpha value is -1.61. The van der Waals surface area contributed by atoms with Gasteiger partial charge < -0.3 is 10.0 Å². The van der Waals surface area contributed by atoms with Crippen molar-refractivity contribution >= 4 is 16.7 Å². The van der Waals surface area contributed by atoms with Crippen molar-refractivity contribution in [2.45, 2.75) is 39.8 Å². The number of anilines is 1. The highest BCUT2D eigenvalue weighted by Crippen LogP contribution is 2.32. The predicted molar refractivity (Wildman–Crippen MR) is 87.4 cm³/mol. The van der Waals surface area contributed by atoms with Gasteiger partial charge in [0.25, 0.3) is 0 Å². The summed E-state index contributed by atoms with van der Waals surface area (Å²) in [5, 5.41) is 10.7. The van der Waals surface area contributed by atoms with Crippen molar-refractivity contribution < 1.29 is 5.11 Å². The van der Waals surface area contributed by atoms with Gasteiger partial charge in [-0.05, 0) is 42.9 Å². The van der Waals surface area contributed by atoms with Gasteiger partial charge in [0.1, 0.15) is 5.82 Å². The average Bonchev–Trinajstić information content (AvgIpc) is 2.49. The van der Waals surface area contributed by atoms with E-state index in [0.29, 0.717) is 17.9 Å². The molecule has 2 aromatic rings. The molecule has 0 aliphatic carbocycles. The summed E-state index contributed by atoms with van der Waals surface area (Å²) in [7, 11) is 0. The number of aromatic nitrogens is 1. The van der Waals surface area contributed by atoms with Gasteiger partial charge >= 0.3 is 0 Å². The van der Waals surface area contributed by atoms with Crippen LogP contribution in [-0.2, 0) is 6.61 Å². The third-order valence-electron chi connectivity index (χ3n) is 4.85. The molecule has 112 valence electrons. The summed E-state index contributed by atoms with van der Waals surface area (Å²) in [6, 6.07) is 10.6. The van der Waals surface area contributed by atoms with E-state index in [2.05, 4.69) is 31.7 Å². The Morgan fingerprint density at radius 3 is 2.76 bits per heavy atom. The summed E-state index contributed by atoms with van der Waals surface area (Å²) in [5.41, 5.74) is 1.94. The molecular formula is C18H24N2O. The third-order valence-corrected chi connectivity index (χ3v) is 4.85. The second-order valence-electron chi connectivity index (χ2n) is 6.53. The van der Waals surface area contributed by atoms with Crippen LogP contribution in [0, 0.1) is 11.8 Å². The molecule has 21 heavy (non-hydrogen) atoms. The van der Waals surface area contributed by atoms with Crippen LogP contribution in [0.4, 0.5) is 5.82 Å². The van der Waals surface area contributed by atoms with E-state index in [4.69, 9.17) is 4.98 Å². The van der Waals surface area contributed by atoms with E-state index in [0.717, 1.165) is 28.8 Å². The fourth-order valence-corrected chi connectivity index (χ4v) is 3.53. The van der Waals surface area contributed by atoms with Crippen molar-refractivity contribution in [3.05, 3.63) is 35.9 Å². The Bertz CT molecular complexity index is 640. The van der Waals surface area contributed by atoms with Gasteiger partial charge in [-0.3, -0.25) is 0 Å². The Labute approximate surface area is 126 Å². The standard InChI is InChI=1S/C18H24N2O/c1-12-8-13(2)14(3)20(10-12)18-9-15(11-21)16-6-4-5-7-17(16)19-18/h4-7,9,12-14,21H,8,10-11H2,1-3H3. The van der Waals surface area contributed by atoms with Crippen LogP contribution in [0.15, 0.2) is 30.3 Å². The minimum absolute atomic E-state index is 0.0589. The monoisotopic (exact) mass is 284 g/mol. The van der Waals surface area contributed by atoms with E-state index in [9.17, 15) is 5.11 Å². The Balaban J connectivity index is 2.07. The van der Waals surface area contributed by atoms with Crippen molar-refractivity contribution in [1.82, 2.24) is 4.98 Å². The molecule has 3 nitrogen and oxygen atoms in total. The van der Waals surface area contributed by atoms with Crippen molar-refractivity contribution in [3.63, 3.8) is 0 Å². The number of piperidine rings is 1. The fraction of sp³-hybridized carbons (Fsp3) is 0.500. The molecule has 1 fully saturated rings. The van der Waals surface area contributed by atoms with Gasteiger partial charge in [0.05, 0.1) is 12.1 Å². The second kappa shape index (κ2) is 5.64. The zero-order valence-electron chi connectivity index (χ0n) is 13.1. The molecule has 3 atom stereocenters. The van der Waals surface area contributed by atoms with Gasteiger partial charge in [0.15, 0.2) is 0 Å². The molecular weight excluding hydrogens is 260 g/mol. The van der Waals surface area contributed by atoms with Crippen molar-refractivity contribution in [2.24, 2.45) is 11.8 Å². The average molecular weight is 284 g/mol. The predicted octanol–water partition coefficient (Wildman–Crippen LogP) is 3.60. The summed E-state index contributed by atoms with van der Waals surface area (Å²) in [4.78, 5) is 7.25. The van der Waals surface area contributed by atoms with E-state index >= 15 is 0 Å². The molecule has 3 rings (SSSR count). The van der Waals surface area contributed by atoms with Crippen LogP contribution in [0.2, 0.25) is 0 Å². The van der Waals surface area contributed by atoms with Gasteiger partial charge in [-0.2, -0.15) is 0 Å². The lowest BCUT2D eigenvalue weighted by Gasteiger charge is -2.42. The topological polar surface area (TPSA) is 36.4 Å². The van der Waals surface area contributed by atoms with Crippen molar-refractivity contribution in [1.29, 1.82) is 0 Å². The van der Waals surface area contributed by atoms with Gasteiger partial charge in [-0.25, -0.2) is 4.98 Å². The number of hydrogen-bond donors (Lipinski definition) is 1. The normalized spacial score (nSPS) is 26.3. The largest absolute Gasteiger partial charge is 0.392 e. The lowest BCUT2D eigenvalue weighted by Crippen LogP contribution is -2.46. The lowest BCUT2D eigenvalue weighted by atomic mass is 9.86. The molecule has 0 saturated carbocycles. The van der Waals surface area contributed by atoms with Crippen LogP contribution >= 0.6 is 0 Å². The fourth-order valence-electron chi connectivity index (χ4n) is 3.53. The highest BCUT2D eigenvalue weighted by Gasteiger charge is 2.29. The van der Waals surface area contributed by atoms with E-state index in [-0.39, 0.29) is 6.61 Å². The molecule has 0 amide bonds. The SMILES string of the molecule is CC1CC(C)C(C)N(c2cc(CO)c3ccccc3n2)C1. The molecule has 2 heterocycles. The Morgan fingerprint density at radius 1 is 1.24 bits per heavy atom. The zero-order chi connectivity index (χ0) is 15.0. The number of aliphatic hydroxyl groups is 1. The molecule has 0 spiro atoms. The molecule has 3 unspecified atom stereocenters. The number of para-hydroxylation sites is 1. The first kappa shape index (κ1) is 14.3. The first-order valence-corrected chi connectivity index (χ1v) is 7.86. The van der Waals surface area contributed by atoms with Crippen LogP contribution in [0.3, 0.4) is 0 Å². The first-order chi connectivity index (χ1) is 10.1. The zero-order valence-corrected chi connectivity index (χ0v) is 13.1. The second-order valence-corrected chi connectivity index (χ2v) is 6.53.